The molecule has 3 heteroatoms. The van der Waals surface area contributed by atoms with Gasteiger partial charge < -0.3 is 15.6 Å². The van der Waals surface area contributed by atoms with Crippen molar-refractivity contribution >= 4 is 0 Å². The van der Waals surface area contributed by atoms with Gasteiger partial charge in [-0.05, 0) is 37.4 Å². The van der Waals surface area contributed by atoms with Crippen LogP contribution in [0.4, 0.5) is 0 Å². The van der Waals surface area contributed by atoms with Gasteiger partial charge in [0.15, 0.2) is 0 Å². The zero-order valence-electron chi connectivity index (χ0n) is 9.36. The van der Waals surface area contributed by atoms with Crippen LogP contribution in [0.15, 0.2) is 18.2 Å². The van der Waals surface area contributed by atoms with Gasteiger partial charge in [-0.15, -0.1) is 0 Å². The van der Waals surface area contributed by atoms with Crippen LogP contribution in [0.5, 0.6) is 5.75 Å². The van der Waals surface area contributed by atoms with Crippen molar-refractivity contribution in [3.63, 3.8) is 0 Å². The summed E-state index contributed by atoms with van der Waals surface area (Å²) in [6, 6.07) is 6.05. The van der Waals surface area contributed by atoms with Gasteiger partial charge in [-0.25, -0.2) is 0 Å². The van der Waals surface area contributed by atoms with Crippen LogP contribution in [-0.2, 0) is 6.42 Å². The van der Waals surface area contributed by atoms with Crippen molar-refractivity contribution in [3.8, 4) is 5.75 Å². The van der Waals surface area contributed by atoms with Gasteiger partial charge in [0.25, 0.3) is 0 Å². The van der Waals surface area contributed by atoms with E-state index in [0.717, 1.165) is 17.7 Å². The first-order valence-electron chi connectivity index (χ1n) is 5.15. The molecule has 1 aromatic rings. The van der Waals surface area contributed by atoms with Crippen LogP contribution in [0, 0.1) is 12.8 Å². The van der Waals surface area contributed by atoms with E-state index in [0.29, 0.717) is 6.54 Å². The average Bonchev–Trinajstić information content (AvgIpc) is 2.26. The second-order valence-corrected chi connectivity index (χ2v) is 3.80. The molecule has 3 N–H and O–H groups in total. The quantitative estimate of drug-likeness (QED) is 0.764. The minimum absolute atomic E-state index is 0.112. The third kappa shape index (κ3) is 3.22. The van der Waals surface area contributed by atoms with E-state index < -0.39 is 0 Å². The lowest BCUT2D eigenvalue weighted by atomic mass is 9.98. The van der Waals surface area contributed by atoms with Gasteiger partial charge in [0.1, 0.15) is 5.75 Å². The second kappa shape index (κ2) is 5.73. The number of aryl methyl sites for hydroxylation is 1. The Morgan fingerprint density at radius 3 is 2.73 bits per heavy atom. The SMILES string of the molecule is COc1ccc(C)cc1CC(CN)CO. The van der Waals surface area contributed by atoms with Crippen LogP contribution >= 0.6 is 0 Å². The highest BCUT2D eigenvalue weighted by atomic mass is 16.5. The maximum atomic E-state index is 9.10. The summed E-state index contributed by atoms with van der Waals surface area (Å²) in [6.45, 7) is 2.65. The highest BCUT2D eigenvalue weighted by Crippen LogP contribution is 2.22. The van der Waals surface area contributed by atoms with Crippen LogP contribution in [0.1, 0.15) is 11.1 Å². The maximum absolute atomic E-state index is 9.10. The Bertz CT molecular complexity index is 308. The number of aliphatic hydroxyl groups is 1. The number of rotatable bonds is 5. The summed E-state index contributed by atoms with van der Waals surface area (Å²) in [6.07, 6.45) is 0.762. The molecule has 0 heterocycles. The predicted molar refractivity (Wildman–Crippen MR) is 61.1 cm³/mol. The molecule has 0 saturated carbocycles. The number of hydrogen-bond acceptors (Lipinski definition) is 3. The van der Waals surface area contributed by atoms with Crippen molar-refractivity contribution in [3.05, 3.63) is 29.3 Å². The molecule has 0 spiro atoms. The van der Waals surface area contributed by atoms with Gasteiger partial charge in [-0.1, -0.05) is 17.7 Å². The lowest BCUT2D eigenvalue weighted by Crippen LogP contribution is -2.20. The minimum atomic E-state index is 0.112. The van der Waals surface area contributed by atoms with Crippen molar-refractivity contribution in [1.29, 1.82) is 0 Å². The molecule has 1 unspecified atom stereocenters. The second-order valence-electron chi connectivity index (χ2n) is 3.80. The Balaban J connectivity index is 2.86. The van der Waals surface area contributed by atoms with Crippen LogP contribution < -0.4 is 10.5 Å². The van der Waals surface area contributed by atoms with E-state index in [1.165, 1.54) is 5.56 Å². The molecule has 0 bridgehead atoms. The first kappa shape index (κ1) is 12.0. The maximum Gasteiger partial charge on any atom is 0.122 e. The number of ether oxygens (including phenoxy) is 1. The van der Waals surface area contributed by atoms with Gasteiger partial charge >= 0.3 is 0 Å². The fourth-order valence-electron chi connectivity index (χ4n) is 1.60. The Morgan fingerprint density at radius 2 is 2.20 bits per heavy atom. The van der Waals surface area contributed by atoms with E-state index in [-0.39, 0.29) is 12.5 Å². The largest absolute Gasteiger partial charge is 0.496 e. The molecule has 0 aromatic heterocycles. The smallest absolute Gasteiger partial charge is 0.122 e. The number of aliphatic hydroxyl groups excluding tert-OH is 1. The van der Waals surface area contributed by atoms with E-state index >= 15 is 0 Å². The first-order valence-corrected chi connectivity index (χ1v) is 5.15. The summed E-state index contributed by atoms with van der Waals surface area (Å²) in [5, 5.41) is 9.10. The molecule has 0 aliphatic heterocycles. The zero-order valence-corrected chi connectivity index (χ0v) is 9.36. The Morgan fingerprint density at radius 1 is 1.47 bits per heavy atom. The van der Waals surface area contributed by atoms with Gasteiger partial charge in [0, 0.05) is 6.61 Å². The van der Waals surface area contributed by atoms with E-state index in [4.69, 9.17) is 15.6 Å². The van der Waals surface area contributed by atoms with Crippen molar-refractivity contribution in [2.45, 2.75) is 13.3 Å². The van der Waals surface area contributed by atoms with Gasteiger partial charge in [0.2, 0.25) is 0 Å². The average molecular weight is 209 g/mol. The monoisotopic (exact) mass is 209 g/mol. The number of hydrogen-bond donors (Lipinski definition) is 2. The summed E-state index contributed by atoms with van der Waals surface area (Å²) >= 11 is 0. The van der Waals surface area contributed by atoms with E-state index in [9.17, 15) is 0 Å². The zero-order chi connectivity index (χ0) is 11.3. The number of methoxy groups -OCH3 is 1. The molecule has 0 radical (unpaired) electrons. The molecule has 0 aliphatic carbocycles. The summed E-state index contributed by atoms with van der Waals surface area (Å²) in [5.41, 5.74) is 7.87. The molecule has 84 valence electrons. The van der Waals surface area contributed by atoms with E-state index in [1.807, 2.05) is 19.1 Å². The highest BCUT2D eigenvalue weighted by Gasteiger charge is 2.10. The van der Waals surface area contributed by atoms with Gasteiger partial charge in [0.05, 0.1) is 7.11 Å². The van der Waals surface area contributed by atoms with Crippen LogP contribution in [0.2, 0.25) is 0 Å². The third-order valence-electron chi connectivity index (χ3n) is 2.54. The van der Waals surface area contributed by atoms with Crippen LogP contribution in [0.25, 0.3) is 0 Å². The Labute approximate surface area is 90.9 Å². The fraction of sp³-hybridized carbons (Fsp3) is 0.500. The summed E-state index contributed by atoms with van der Waals surface area (Å²) in [7, 11) is 1.66. The molecular formula is C12H19NO2. The molecule has 3 nitrogen and oxygen atoms in total. The molecule has 0 amide bonds. The Hall–Kier alpha value is -1.06. The number of benzene rings is 1. The number of nitrogens with two attached hydrogens (primary N) is 1. The molecular weight excluding hydrogens is 190 g/mol. The fourth-order valence-corrected chi connectivity index (χ4v) is 1.60. The molecule has 0 aliphatic rings. The molecule has 15 heavy (non-hydrogen) atoms. The summed E-state index contributed by atoms with van der Waals surface area (Å²) in [5.74, 6) is 0.980. The predicted octanol–water partition coefficient (Wildman–Crippen LogP) is 1.11. The molecule has 0 saturated heterocycles. The topological polar surface area (TPSA) is 55.5 Å². The van der Waals surface area contributed by atoms with E-state index in [2.05, 4.69) is 6.07 Å². The molecule has 0 fully saturated rings. The summed E-state index contributed by atoms with van der Waals surface area (Å²) < 4.78 is 5.27. The van der Waals surface area contributed by atoms with Gasteiger partial charge in [-0.2, -0.15) is 0 Å². The summed E-state index contributed by atoms with van der Waals surface area (Å²) in [4.78, 5) is 0. The normalized spacial score (nSPS) is 12.5. The first-order chi connectivity index (χ1) is 7.21. The van der Waals surface area contributed by atoms with Crippen molar-refractivity contribution < 1.29 is 9.84 Å². The lowest BCUT2D eigenvalue weighted by molar-refractivity contribution is 0.229. The highest BCUT2D eigenvalue weighted by molar-refractivity contribution is 5.37. The molecule has 1 atom stereocenters. The van der Waals surface area contributed by atoms with Gasteiger partial charge in [-0.3, -0.25) is 0 Å². The third-order valence-corrected chi connectivity index (χ3v) is 2.54. The van der Waals surface area contributed by atoms with E-state index in [1.54, 1.807) is 7.11 Å². The van der Waals surface area contributed by atoms with Crippen LogP contribution in [-0.4, -0.2) is 25.4 Å². The van der Waals surface area contributed by atoms with Crippen LogP contribution in [0.3, 0.4) is 0 Å². The van der Waals surface area contributed by atoms with Crippen molar-refractivity contribution in [2.24, 2.45) is 11.7 Å². The lowest BCUT2D eigenvalue weighted by Gasteiger charge is -2.14. The van der Waals surface area contributed by atoms with Crippen molar-refractivity contribution in [1.82, 2.24) is 0 Å². The minimum Gasteiger partial charge on any atom is -0.496 e. The standard InChI is InChI=1S/C12H19NO2/c1-9-3-4-12(15-2)11(5-9)6-10(7-13)8-14/h3-5,10,14H,6-8,13H2,1-2H3. The van der Waals surface area contributed by atoms with Crippen molar-refractivity contribution in [2.75, 3.05) is 20.3 Å². The molecule has 1 rings (SSSR count). The Kier molecular flexibility index (Phi) is 4.59. The molecule has 1 aromatic carbocycles.